The Morgan fingerprint density at radius 1 is 1.09 bits per heavy atom. The summed E-state index contributed by atoms with van der Waals surface area (Å²) in [7, 11) is 1.50. The molecule has 1 aromatic heterocycles. The number of nitrogens with one attached hydrogen (secondary N) is 1. The number of methoxy groups -OCH3 is 1. The van der Waals surface area contributed by atoms with Gasteiger partial charge in [-0.25, -0.2) is 9.78 Å². The van der Waals surface area contributed by atoms with Crippen LogP contribution in [0, 0.1) is 0 Å². The number of hydrogen-bond donors (Lipinski definition) is 1. The van der Waals surface area contributed by atoms with Crippen LogP contribution in [0.15, 0.2) is 59.8 Å². The van der Waals surface area contributed by atoms with Crippen LogP contribution in [0.5, 0.6) is 17.2 Å². The van der Waals surface area contributed by atoms with Crippen molar-refractivity contribution < 1.29 is 33.3 Å². The largest absolute Gasteiger partial charge is 0.496 e. The summed E-state index contributed by atoms with van der Waals surface area (Å²) in [6.07, 6.45) is 1.54. The summed E-state index contributed by atoms with van der Waals surface area (Å²) >= 11 is 1.11. The van der Waals surface area contributed by atoms with Crippen LogP contribution < -0.4 is 19.5 Å². The van der Waals surface area contributed by atoms with Gasteiger partial charge >= 0.3 is 5.97 Å². The zero-order chi connectivity index (χ0) is 24.8. The number of ketones is 1. The minimum absolute atomic E-state index is 0.0280. The number of hydrogen-bond acceptors (Lipinski definition) is 9. The van der Waals surface area contributed by atoms with Crippen LogP contribution >= 0.6 is 11.8 Å². The zero-order valence-electron chi connectivity index (χ0n) is 19.0. The summed E-state index contributed by atoms with van der Waals surface area (Å²) < 4.78 is 21.3. The first-order chi connectivity index (χ1) is 16.9. The molecule has 0 radical (unpaired) electrons. The van der Waals surface area contributed by atoms with Crippen LogP contribution in [-0.2, 0) is 16.1 Å². The second-order valence-corrected chi connectivity index (χ2v) is 8.38. The van der Waals surface area contributed by atoms with Gasteiger partial charge in [0.15, 0.2) is 17.3 Å². The molecule has 0 unspecified atom stereocenters. The molecular formula is C25H22N2O7S. The molecule has 1 aliphatic heterocycles. The molecule has 1 amide bonds. The Morgan fingerprint density at radius 3 is 2.71 bits per heavy atom. The summed E-state index contributed by atoms with van der Waals surface area (Å²) in [6.45, 7) is 1.52. The lowest BCUT2D eigenvalue weighted by atomic mass is 10.1. The molecule has 1 aliphatic rings. The number of ether oxygens (including phenoxy) is 4. The van der Waals surface area contributed by atoms with E-state index in [0.29, 0.717) is 39.1 Å². The monoisotopic (exact) mass is 494 g/mol. The highest BCUT2D eigenvalue weighted by atomic mass is 32.2. The number of benzene rings is 2. The first kappa shape index (κ1) is 24.1. The van der Waals surface area contributed by atoms with Crippen molar-refractivity contribution in [2.45, 2.75) is 18.6 Å². The Balaban J connectivity index is 1.38. The Kier molecular flexibility index (Phi) is 7.51. The van der Waals surface area contributed by atoms with E-state index in [1.807, 2.05) is 0 Å². The van der Waals surface area contributed by atoms with Crippen LogP contribution in [0.3, 0.4) is 0 Å². The van der Waals surface area contributed by atoms with E-state index in [2.05, 4.69) is 10.3 Å². The molecule has 2 heterocycles. The first-order valence-corrected chi connectivity index (χ1v) is 11.6. The average molecular weight is 495 g/mol. The number of anilines is 1. The molecular weight excluding hydrogens is 472 g/mol. The van der Waals surface area contributed by atoms with Crippen molar-refractivity contribution >= 4 is 35.1 Å². The second kappa shape index (κ2) is 10.9. The number of Topliss-reactive ketones (excluding diaryl/α,β-unsaturated/α-hetero) is 1. The molecule has 1 N–H and O–H groups in total. The molecule has 35 heavy (non-hydrogen) atoms. The van der Waals surface area contributed by atoms with E-state index in [1.54, 1.807) is 48.5 Å². The number of aromatic nitrogens is 1. The molecule has 0 saturated heterocycles. The number of esters is 1. The van der Waals surface area contributed by atoms with E-state index in [-0.39, 0.29) is 36.4 Å². The first-order valence-electron chi connectivity index (χ1n) is 10.6. The van der Waals surface area contributed by atoms with Gasteiger partial charge in [-0.3, -0.25) is 9.59 Å². The van der Waals surface area contributed by atoms with Gasteiger partial charge in [0, 0.05) is 29.1 Å². The van der Waals surface area contributed by atoms with Crippen LogP contribution in [-0.4, -0.2) is 42.3 Å². The minimum atomic E-state index is -0.605. The minimum Gasteiger partial charge on any atom is -0.496 e. The second-order valence-electron chi connectivity index (χ2n) is 7.42. The van der Waals surface area contributed by atoms with E-state index in [1.165, 1.54) is 20.2 Å². The molecule has 0 fully saturated rings. The fourth-order valence-corrected chi connectivity index (χ4v) is 4.08. The molecule has 9 nitrogen and oxygen atoms in total. The number of nitrogens with zero attached hydrogens (tertiary/aromatic N) is 1. The van der Waals surface area contributed by atoms with Gasteiger partial charge in [-0.05, 0) is 49.4 Å². The maximum Gasteiger partial charge on any atom is 0.341 e. The van der Waals surface area contributed by atoms with Crippen molar-refractivity contribution in [1.82, 2.24) is 4.98 Å². The summed E-state index contributed by atoms with van der Waals surface area (Å²) in [5, 5.41) is 3.15. The Morgan fingerprint density at radius 2 is 1.91 bits per heavy atom. The fourth-order valence-electron chi connectivity index (χ4n) is 3.30. The SMILES string of the molecule is COc1ccc(C(C)=O)cc1COC(=O)c1cccnc1SCC(=O)Nc1ccc2c(c1)OCO2. The number of pyridine rings is 1. The quantitative estimate of drug-likeness (QED) is 0.267. The number of fused-ring (bicyclic) bond motifs is 1. The summed E-state index contributed by atoms with van der Waals surface area (Å²) in [5.74, 6) is 0.737. The molecule has 10 heteroatoms. The van der Waals surface area contributed by atoms with E-state index in [0.717, 1.165) is 11.8 Å². The maximum atomic E-state index is 12.8. The number of amides is 1. The van der Waals surface area contributed by atoms with Crippen molar-refractivity contribution in [2.24, 2.45) is 0 Å². The van der Waals surface area contributed by atoms with E-state index >= 15 is 0 Å². The number of thioether (sulfide) groups is 1. The van der Waals surface area contributed by atoms with E-state index in [9.17, 15) is 14.4 Å². The third-order valence-electron chi connectivity index (χ3n) is 5.03. The standard InChI is InChI=1S/C25H22N2O7S/c1-15(28)16-5-7-20(31-2)17(10-16)12-32-25(30)19-4-3-9-26-24(19)35-13-23(29)27-18-6-8-21-22(11-18)34-14-33-21/h3-11H,12-14H2,1-2H3,(H,27,29). The van der Waals surface area contributed by atoms with E-state index < -0.39 is 5.97 Å². The highest BCUT2D eigenvalue weighted by Crippen LogP contribution is 2.34. The molecule has 0 atom stereocenters. The lowest BCUT2D eigenvalue weighted by Crippen LogP contribution is -2.15. The molecule has 3 aromatic rings. The summed E-state index contributed by atoms with van der Waals surface area (Å²) in [6, 6.07) is 13.3. The molecule has 0 saturated carbocycles. The third-order valence-corrected chi connectivity index (χ3v) is 6.04. The Labute approximate surface area is 205 Å². The van der Waals surface area contributed by atoms with Crippen molar-refractivity contribution in [3.63, 3.8) is 0 Å². The van der Waals surface area contributed by atoms with Gasteiger partial charge < -0.3 is 24.3 Å². The van der Waals surface area contributed by atoms with Crippen molar-refractivity contribution in [1.29, 1.82) is 0 Å². The lowest BCUT2D eigenvalue weighted by molar-refractivity contribution is -0.113. The van der Waals surface area contributed by atoms with E-state index in [4.69, 9.17) is 18.9 Å². The van der Waals surface area contributed by atoms with Crippen LogP contribution in [0.4, 0.5) is 5.69 Å². The number of rotatable bonds is 9. The number of carbonyl (C=O) groups is 3. The van der Waals surface area contributed by atoms with Crippen LogP contribution in [0.2, 0.25) is 0 Å². The average Bonchev–Trinajstić information content (AvgIpc) is 3.34. The van der Waals surface area contributed by atoms with Gasteiger partial charge in [0.25, 0.3) is 0 Å². The van der Waals surface area contributed by atoms with Crippen LogP contribution in [0.25, 0.3) is 0 Å². The van der Waals surface area contributed by atoms with Gasteiger partial charge in [-0.1, -0.05) is 11.8 Å². The topological polar surface area (TPSA) is 113 Å². The van der Waals surface area contributed by atoms with Crippen molar-refractivity contribution in [2.75, 3.05) is 25.0 Å². The maximum absolute atomic E-state index is 12.8. The molecule has 180 valence electrons. The van der Waals surface area contributed by atoms with Gasteiger partial charge in [0.05, 0.1) is 18.4 Å². The third kappa shape index (κ3) is 5.90. The normalized spacial score (nSPS) is 11.6. The molecule has 0 bridgehead atoms. The zero-order valence-corrected chi connectivity index (χ0v) is 19.8. The van der Waals surface area contributed by atoms with Crippen molar-refractivity contribution in [3.05, 3.63) is 71.4 Å². The van der Waals surface area contributed by atoms with Gasteiger partial charge in [-0.15, -0.1) is 0 Å². The Bertz CT molecular complexity index is 1280. The Hall–Kier alpha value is -4.05. The molecule has 0 aliphatic carbocycles. The summed E-state index contributed by atoms with van der Waals surface area (Å²) in [5.41, 5.74) is 1.86. The highest BCUT2D eigenvalue weighted by Gasteiger charge is 2.18. The smallest absolute Gasteiger partial charge is 0.341 e. The summed E-state index contributed by atoms with van der Waals surface area (Å²) in [4.78, 5) is 41.2. The molecule has 0 spiro atoms. The van der Waals surface area contributed by atoms with Gasteiger partial charge in [-0.2, -0.15) is 0 Å². The highest BCUT2D eigenvalue weighted by molar-refractivity contribution is 8.00. The molecule has 4 rings (SSSR count). The van der Waals surface area contributed by atoms with Crippen LogP contribution in [0.1, 0.15) is 33.2 Å². The molecule has 2 aromatic carbocycles. The van der Waals surface area contributed by atoms with Gasteiger partial charge in [0.2, 0.25) is 12.7 Å². The lowest BCUT2D eigenvalue weighted by Gasteiger charge is -2.12. The van der Waals surface area contributed by atoms with Crippen molar-refractivity contribution in [3.8, 4) is 17.2 Å². The van der Waals surface area contributed by atoms with Gasteiger partial charge in [0.1, 0.15) is 17.4 Å². The predicted molar refractivity (Wildman–Crippen MR) is 128 cm³/mol. The fraction of sp³-hybridized carbons (Fsp3) is 0.200. The number of carbonyl (C=O) groups excluding carboxylic acids is 3. The predicted octanol–water partition coefficient (Wildman–Crippen LogP) is 4.11.